The second-order valence-corrected chi connectivity index (χ2v) is 3.99. The molecule has 3 rings (SSSR count). The average Bonchev–Trinajstić information content (AvgIpc) is 2.81. The molecule has 18 heavy (non-hydrogen) atoms. The van der Waals surface area contributed by atoms with E-state index < -0.39 is 0 Å². The van der Waals surface area contributed by atoms with Crippen molar-refractivity contribution in [1.29, 1.82) is 0 Å². The maximum absolute atomic E-state index is 10.7. The Morgan fingerprint density at radius 1 is 1.11 bits per heavy atom. The SMILES string of the molecule is O=Cc1ccc2nc(-c3ccccc3O)cn2c1. The third kappa shape index (κ3) is 1.64. The van der Waals surface area contributed by atoms with Gasteiger partial charge in [-0.2, -0.15) is 0 Å². The van der Waals surface area contributed by atoms with Crippen molar-refractivity contribution in [3.8, 4) is 17.0 Å². The Morgan fingerprint density at radius 3 is 2.72 bits per heavy atom. The Balaban J connectivity index is 2.19. The summed E-state index contributed by atoms with van der Waals surface area (Å²) >= 11 is 0. The minimum absolute atomic E-state index is 0.191. The molecule has 0 unspecified atom stereocenters. The zero-order valence-electron chi connectivity index (χ0n) is 9.45. The quantitative estimate of drug-likeness (QED) is 0.698. The zero-order chi connectivity index (χ0) is 12.5. The van der Waals surface area contributed by atoms with E-state index in [4.69, 9.17) is 0 Å². The van der Waals surface area contributed by atoms with E-state index in [9.17, 15) is 9.90 Å². The fourth-order valence-electron chi connectivity index (χ4n) is 1.90. The number of carbonyl (C=O) groups is 1. The number of imidazole rings is 1. The first-order valence-electron chi connectivity index (χ1n) is 5.50. The number of phenolic OH excluding ortho intramolecular Hbond substituents is 1. The Labute approximate surface area is 103 Å². The monoisotopic (exact) mass is 238 g/mol. The van der Waals surface area contributed by atoms with Crippen LogP contribution in [0.5, 0.6) is 5.75 Å². The maximum Gasteiger partial charge on any atom is 0.151 e. The number of benzene rings is 1. The van der Waals surface area contributed by atoms with Crippen LogP contribution in [0.15, 0.2) is 48.8 Å². The van der Waals surface area contributed by atoms with E-state index in [1.54, 1.807) is 47.1 Å². The summed E-state index contributed by atoms with van der Waals surface area (Å²) in [7, 11) is 0. The van der Waals surface area contributed by atoms with Crippen molar-refractivity contribution >= 4 is 11.9 Å². The van der Waals surface area contributed by atoms with Crippen molar-refractivity contribution in [2.24, 2.45) is 0 Å². The summed E-state index contributed by atoms with van der Waals surface area (Å²) in [5.41, 5.74) is 2.67. The summed E-state index contributed by atoms with van der Waals surface area (Å²) in [5, 5.41) is 9.78. The van der Waals surface area contributed by atoms with Crippen LogP contribution < -0.4 is 0 Å². The Bertz CT molecular complexity index is 731. The van der Waals surface area contributed by atoms with Gasteiger partial charge in [-0.1, -0.05) is 12.1 Å². The molecule has 1 N–H and O–H groups in total. The third-order valence-electron chi connectivity index (χ3n) is 2.79. The first kappa shape index (κ1) is 10.5. The molecule has 2 aromatic heterocycles. The normalized spacial score (nSPS) is 10.7. The minimum atomic E-state index is 0.191. The van der Waals surface area contributed by atoms with Crippen LogP contribution >= 0.6 is 0 Å². The summed E-state index contributed by atoms with van der Waals surface area (Å²) < 4.78 is 1.77. The van der Waals surface area contributed by atoms with Crippen molar-refractivity contribution in [3.63, 3.8) is 0 Å². The topological polar surface area (TPSA) is 54.6 Å². The summed E-state index contributed by atoms with van der Waals surface area (Å²) in [6, 6.07) is 10.5. The van der Waals surface area contributed by atoms with Gasteiger partial charge in [0.05, 0.1) is 5.69 Å². The van der Waals surface area contributed by atoms with E-state index in [0.717, 1.165) is 11.9 Å². The number of phenols is 1. The van der Waals surface area contributed by atoms with Gasteiger partial charge in [0.1, 0.15) is 11.4 Å². The van der Waals surface area contributed by atoms with Crippen LogP contribution in [0.4, 0.5) is 0 Å². The highest BCUT2D eigenvalue weighted by Gasteiger charge is 2.08. The van der Waals surface area contributed by atoms with E-state index in [1.165, 1.54) is 0 Å². The number of rotatable bonds is 2. The van der Waals surface area contributed by atoms with Gasteiger partial charge >= 0.3 is 0 Å². The van der Waals surface area contributed by atoms with Crippen molar-refractivity contribution < 1.29 is 9.90 Å². The molecule has 0 spiro atoms. The van der Waals surface area contributed by atoms with Crippen molar-refractivity contribution in [2.75, 3.05) is 0 Å². The van der Waals surface area contributed by atoms with Gasteiger partial charge in [-0.05, 0) is 24.3 Å². The lowest BCUT2D eigenvalue weighted by molar-refractivity contribution is 0.112. The molecule has 0 bridgehead atoms. The average molecular weight is 238 g/mol. The molecule has 0 atom stereocenters. The molecule has 0 saturated heterocycles. The number of aromatic hydroxyl groups is 1. The number of hydrogen-bond acceptors (Lipinski definition) is 3. The number of fused-ring (bicyclic) bond motifs is 1. The molecule has 0 saturated carbocycles. The zero-order valence-corrected chi connectivity index (χ0v) is 9.45. The van der Waals surface area contributed by atoms with Gasteiger partial charge in [0.2, 0.25) is 0 Å². The predicted molar refractivity (Wildman–Crippen MR) is 67.7 cm³/mol. The molecule has 0 fully saturated rings. The highest BCUT2D eigenvalue weighted by atomic mass is 16.3. The second kappa shape index (κ2) is 4.00. The third-order valence-corrected chi connectivity index (χ3v) is 2.79. The first-order valence-corrected chi connectivity index (χ1v) is 5.50. The number of pyridine rings is 1. The van der Waals surface area contributed by atoms with Gasteiger partial charge < -0.3 is 9.51 Å². The Morgan fingerprint density at radius 2 is 1.94 bits per heavy atom. The number of aromatic nitrogens is 2. The van der Waals surface area contributed by atoms with Gasteiger partial charge in [-0.25, -0.2) is 4.98 Å². The van der Waals surface area contributed by atoms with E-state index in [-0.39, 0.29) is 5.75 Å². The molecule has 0 aliphatic carbocycles. The number of nitrogens with zero attached hydrogens (tertiary/aromatic N) is 2. The van der Waals surface area contributed by atoms with E-state index in [2.05, 4.69) is 4.98 Å². The molecule has 1 aromatic carbocycles. The van der Waals surface area contributed by atoms with Gasteiger partial charge in [-0.15, -0.1) is 0 Å². The Kier molecular flexibility index (Phi) is 2.34. The number of aldehydes is 1. The van der Waals surface area contributed by atoms with Crippen LogP contribution in [0.1, 0.15) is 10.4 Å². The molecule has 0 aliphatic heterocycles. The number of carbonyl (C=O) groups excluding carboxylic acids is 1. The summed E-state index contributed by atoms with van der Waals surface area (Å²) in [4.78, 5) is 15.1. The largest absolute Gasteiger partial charge is 0.507 e. The molecular weight excluding hydrogens is 228 g/mol. The van der Waals surface area contributed by atoms with Crippen LogP contribution in [-0.2, 0) is 0 Å². The minimum Gasteiger partial charge on any atom is -0.507 e. The first-order chi connectivity index (χ1) is 8.78. The molecule has 0 radical (unpaired) electrons. The molecule has 88 valence electrons. The summed E-state index contributed by atoms with van der Waals surface area (Å²) in [5.74, 6) is 0.191. The fraction of sp³-hybridized carbons (Fsp3) is 0. The van der Waals surface area contributed by atoms with Crippen LogP contribution in [0, 0.1) is 0 Å². The smallest absolute Gasteiger partial charge is 0.151 e. The van der Waals surface area contributed by atoms with Gasteiger partial charge in [0.15, 0.2) is 6.29 Å². The molecule has 0 aliphatic rings. The maximum atomic E-state index is 10.7. The van der Waals surface area contributed by atoms with Gasteiger partial charge in [0, 0.05) is 23.5 Å². The van der Waals surface area contributed by atoms with Gasteiger partial charge in [-0.3, -0.25) is 4.79 Å². The molecule has 4 nitrogen and oxygen atoms in total. The lowest BCUT2D eigenvalue weighted by atomic mass is 10.1. The van der Waals surface area contributed by atoms with E-state index in [0.29, 0.717) is 16.8 Å². The standard InChI is InChI=1S/C14H10N2O2/c17-9-10-5-6-14-15-12(8-16(14)7-10)11-3-1-2-4-13(11)18/h1-9,18H. The lowest BCUT2D eigenvalue weighted by Crippen LogP contribution is -1.86. The van der Waals surface area contributed by atoms with E-state index in [1.807, 2.05) is 6.07 Å². The molecule has 4 heteroatoms. The van der Waals surface area contributed by atoms with Gasteiger partial charge in [0.25, 0.3) is 0 Å². The number of para-hydroxylation sites is 1. The van der Waals surface area contributed by atoms with Crippen molar-refractivity contribution in [3.05, 3.63) is 54.4 Å². The van der Waals surface area contributed by atoms with Crippen LogP contribution in [0.2, 0.25) is 0 Å². The Hall–Kier alpha value is -2.62. The van der Waals surface area contributed by atoms with Crippen LogP contribution in [0.25, 0.3) is 16.9 Å². The fourth-order valence-corrected chi connectivity index (χ4v) is 1.90. The highest BCUT2D eigenvalue weighted by Crippen LogP contribution is 2.27. The van der Waals surface area contributed by atoms with Crippen molar-refractivity contribution in [1.82, 2.24) is 9.38 Å². The van der Waals surface area contributed by atoms with Crippen LogP contribution in [-0.4, -0.2) is 20.8 Å². The van der Waals surface area contributed by atoms with Crippen LogP contribution in [0.3, 0.4) is 0 Å². The second-order valence-electron chi connectivity index (χ2n) is 3.99. The lowest BCUT2D eigenvalue weighted by Gasteiger charge is -1.98. The molecule has 0 amide bonds. The molecular formula is C14H10N2O2. The number of hydrogen-bond donors (Lipinski definition) is 1. The predicted octanol–water partition coefficient (Wildman–Crippen LogP) is 2.52. The van der Waals surface area contributed by atoms with E-state index >= 15 is 0 Å². The molecule has 2 heterocycles. The highest BCUT2D eigenvalue weighted by molar-refractivity contribution is 5.75. The summed E-state index contributed by atoms with van der Waals surface area (Å²) in [6.45, 7) is 0. The molecule has 3 aromatic rings. The van der Waals surface area contributed by atoms with Crippen molar-refractivity contribution in [2.45, 2.75) is 0 Å². The summed E-state index contributed by atoms with van der Waals surface area (Å²) in [6.07, 6.45) is 4.29.